The molecule has 1 fully saturated rings. The lowest BCUT2D eigenvalue weighted by molar-refractivity contribution is 0.483. The predicted molar refractivity (Wildman–Crippen MR) is 95.9 cm³/mol. The molecule has 0 unspecified atom stereocenters. The molecule has 0 amide bonds. The van der Waals surface area contributed by atoms with E-state index in [2.05, 4.69) is 57.8 Å². The second-order valence-corrected chi connectivity index (χ2v) is 7.47. The lowest BCUT2D eigenvalue weighted by Crippen LogP contribution is -2.59. The fraction of sp³-hybridized carbons (Fsp3) is 0.471. The van der Waals surface area contributed by atoms with Crippen LogP contribution in [0.4, 0.5) is 11.6 Å². The highest BCUT2D eigenvalue weighted by Gasteiger charge is 2.32. The summed E-state index contributed by atoms with van der Waals surface area (Å²) < 4.78 is 1.86. The highest BCUT2D eigenvalue weighted by atomic mass is 15.4. The third-order valence-corrected chi connectivity index (χ3v) is 4.56. The molecule has 4 rings (SSSR count). The van der Waals surface area contributed by atoms with Crippen LogP contribution in [0.15, 0.2) is 30.7 Å². The fourth-order valence-corrected chi connectivity index (χ4v) is 2.96. The molecule has 8 heteroatoms. The van der Waals surface area contributed by atoms with E-state index in [1.54, 1.807) is 18.6 Å². The van der Waals surface area contributed by atoms with Crippen LogP contribution < -0.4 is 9.80 Å². The maximum atomic E-state index is 4.76. The Morgan fingerprint density at radius 2 is 1.92 bits per heavy atom. The first kappa shape index (κ1) is 15.7. The molecular formula is C17H22N8. The lowest BCUT2D eigenvalue weighted by atomic mass is 9.96. The molecule has 1 aliphatic heterocycles. The maximum absolute atomic E-state index is 4.76. The van der Waals surface area contributed by atoms with Gasteiger partial charge in [0, 0.05) is 37.9 Å². The van der Waals surface area contributed by atoms with E-state index in [1.807, 2.05) is 16.6 Å². The van der Waals surface area contributed by atoms with Crippen LogP contribution in [0.25, 0.3) is 5.65 Å². The van der Waals surface area contributed by atoms with E-state index < -0.39 is 0 Å². The minimum atomic E-state index is -0.102. The predicted octanol–water partition coefficient (Wildman–Crippen LogP) is 1.54. The average Bonchev–Trinajstić information content (AvgIpc) is 2.97. The summed E-state index contributed by atoms with van der Waals surface area (Å²) >= 11 is 0. The van der Waals surface area contributed by atoms with Gasteiger partial charge in [-0.05, 0) is 12.1 Å². The molecule has 4 heterocycles. The smallest absolute Gasteiger partial charge is 0.178 e. The summed E-state index contributed by atoms with van der Waals surface area (Å²) in [5.74, 6) is 2.71. The summed E-state index contributed by atoms with van der Waals surface area (Å²) in [6, 6.07) is 4.39. The summed E-state index contributed by atoms with van der Waals surface area (Å²) in [7, 11) is 2.06. The third kappa shape index (κ3) is 2.77. The molecule has 0 spiro atoms. The Labute approximate surface area is 146 Å². The molecule has 3 aromatic rings. The van der Waals surface area contributed by atoms with Gasteiger partial charge >= 0.3 is 0 Å². The van der Waals surface area contributed by atoms with Crippen LogP contribution in [0, 0.1) is 0 Å². The summed E-state index contributed by atoms with van der Waals surface area (Å²) in [5, 5.41) is 13.3. The van der Waals surface area contributed by atoms with E-state index in [-0.39, 0.29) is 5.41 Å². The van der Waals surface area contributed by atoms with E-state index in [1.165, 1.54) is 0 Å². The van der Waals surface area contributed by atoms with Crippen LogP contribution in [0.2, 0.25) is 0 Å². The average molecular weight is 338 g/mol. The summed E-state index contributed by atoms with van der Waals surface area (Å²) in [5.41, 5.74) is 0.678. The maximum Gasteiger partial charge on any atom is 0.178 e. The molecule has 0 N–H and O–H groups in total. The first-order valence-corrected chi connectivity index (χ1v) is 8.40. The highest BCUT2D eigenvalue weighted by Crippen LogP contribution is 2.25. The normalized spacial score (nSPS) is 15.4. The molecule has 25 heavy (non-hydrogen) atoms. The van der Waals surface area contributed by atoms with Gasteiger partial charge in [-0.3, -0.25) is 4.98 Å². The molecule has 0 atom stereocenters. The summed E-state index contributed by atoms with van der Waals surface area (Å²) in [6.45, 7) is 8.16. The van der Waals surface area contributed by atoms with Gasteiger partial charge < -0.3 is 9.80 Å². The molecule has 1 saturated heterocycles. The molecule has 0 bridgehead atoms. The Balaban J connectivity index is 1.52. The Hall–Kier alpha value is -2.77. The highest BCUT2D eigenvalue weighted by molar-refractivity contribution is 5.50. The zero-order chi connectivity index (χ0) is 17.6. The quantitative estimate of drug-likeness (QED) is 0.717. The van der Waals surface area contributed by atoms with E-state index in [4.69, 9.17) is 5.10 Å². The van der Waals surface area contributed by atoms with Crippen molar-refractivity contribution in [3.05, 3.63) is 36.5 Å². The van der Waals surface area contributed by atoms with E-state index in [0.29, 0.717) is 6.04 Å². The monoisotopic (exact) mass is 338 g/mol. The van der Waals surface area contributed by atoms with Crippen molar-refractivity contribution < 1.29 is 0 Å². The Kier molecular flexibility index (Phi) is 3.55. The van der Waals surface area contributed by atoms with Gasteiger partial charge in [-0.2, -0.15) is 4.52 Å². The topological polar surface area (TPSA) is 75.3 Å². The van der Waals surface area contributed by atoms with Crippen LogP contribution in [-0.4, -0.2) is 56.0 Å². The van der Waals surface area contributed by atoms with Gasteiger partial charge in [-0.1, -0.05) is 20.8 Å². The van der Waals surface area contributed by atoms with E-state index in [0.717, 1.165) is 36.2 Å². The van der Waals surface area contributed by atoms with Crippen LogP contribution in [0.3, 0.4) is 0 Å². The van der Waals surface area contributed by atoms with Gasteiger partial charge in [0.15, 0.2) is 11.5 Å². The van der Waals surface area contributed by atoms with Gasteiger partial charge in [0.05, 0.1) is 12.2 Å². The molecule has 8 nitrogen and oxygen atoms in total. The van der Waals surface area contributed by atoms with Gasteiger partial charge in [0.25, 0.3) is 0 Å². The number of aromatic nitrogens is 6. The first-order chi connectivity index (χ1) is 11.9. The number of nitrogens with zero attached hydrogens (tertiary/aromatic N) is 8. The molecule has 1 aliphatic rings. The number of likely N-dealkylation sites (N-methyl/N-ethyl adjacent to an activating group) is 1. The minimum absolute atomic E-state index is 0.102. The summed E-state index contributed by atoms with van der Waals surface area (Å²) in [6.07, 6.45) is 5.20. The largest absolute Gasteiger partial charge is 0.352 e. The van der Waals surface area contributed by atoms with Crippen molar-refractivity contribution in [2.45, 2.75) is 32.2 Å². The molecule has 130 valence electrons. The van der Waals surface area contributed by atoms with Crippen molar-refractivity contribution in [3.63, 3.8) is 0 Å². The summed E-state index contributed by atoms with van der Waals surface area (Å²) in [4.78, 5) is 12.9. The Morgan fingerprint density at radius 1 is 1.12 bits per heavy atom. The lowest BCUT2D eigenvalue weighted by Gasteiger charge is -2.44. The van der Waals surface area contributed by atoms with Crippen molar-refractivity contribution in [2.75, 3.05) is 29.9 Å². The van der Waals surface area contributed by atoms with E-state index >= 15 is 0 Å². The van der Waals surface area contributed by atoms with Gasteiger partial charge in [0.2, 0.25) is 0 Å². The number of hydrogen-bond donors (Lipinski definition) is 0. The SMILES string of the molecule is CN(c1cnccn1)C1CN(c2ccc3nnc(C(C)(C)C)n3n2)C1. The molecule has 0 aromatic carbocycles. The van der Waals surface area contributed by atoms with Crippen molar-refractivity contribution >= 4 is 17.3 Å². The molecule has 0 radical (unpaired) electrons. The number of anilines is 2. The fourth-order valence-electron chi connectivity index (χ4n) is 2.96. The first-order valence-electron chi connectivity index (χ1n) is 8.40. The number of hydrogen-bond acceptors (Lipinski definition) is 7. The Morgan fingerprint density at radius 3 is 2.60 bits per heavy atom. The number of rotatable bonds is 3. The second-order valence-electron chi connectivity index (χ2n) is 7.47. The van der Waals surface area contributed by atoms with Crippen LogP contribution >= 0.6 is 0 Å². The van der Waals surface area contributed by atoms with Crippen LogP contribution in [-0.2, 0) is 5.41 Å². The second kappa shape index (κ2) is 5.65. The van der Waals surface area contributed by atoms with E-state index in [9.17, 15) is 0 Å². The van der Waals surface area contributed by atoms with Crippen molar-refractivity contribution in [1.29, 1.82) is 0 Å². The zero-order valence-corrected chi connectivity index (χ0v) is 15.0. The van der Waals surface area contributed by atoms with Gasteiger partial charge in [0.1, 0.15) is 11.6 Å². The molecular weight excluding hydrogens is 316 g/mol. The van der Waals surface area contributed by atoms with Crippen molar-refractivity contribution in [3.8, 4) is 0 Å². The molecule has 0 saturated carbocycles. The molecule has 3 aromatic heterocycles. The van der Waals surface area contributed by atoms with Crippen LogP contribution in [0.5, 0.6) is 0 Å². The standard InChI is InChI=1S/C17H22N8/c1-17(2,3)16-21-20-13-5-6-14(22-25(13)16)24-10-12(11-24)23(4)15-9-18-7-8-19-15/h5-9,12H,10-11H2,1-4H3. The zero-order valence-electron chi connectivity index (χ0n) is 15.0. The minimum Gasteiger partial charge on any atom is -0.352 e. The molecule has 0 aliphatic carbocycles. The third-order valence-electron chi connectivity index (χ3n) is 4.56. The Bertz CT molecular complexity index is 877. The van der Waals surface area contributed by atoms with Crippen molar-refractivity contribution in [1.82, 2.24) is 29.8 Å². The van der Waals surface area contributed by atoms with Crippen LogP contribution in [0.1, 0.15) is 26.6 Å². The van der Waals surface area contributed by atoms with Gasteiger partial charge in [-0.25, -0.2) is 4.98 Å². The van der Waals surface area contributed by atoms with Gasteiger partial charge in [-0.15, -0.1) is 15.3 Å². The number of fused-ring (bicyclic) bond motifs is 1. The van der Waals surface area contributed by atoms with Crippen molar-refractivity contribution in [2.24, 2.45) is 0 Å².